The summed E-state index contributed by atoms with van der Waals surface area (Å²) in [4.78, 5) is 11.6. The first kappa shape index (κ1) is 16.0. The fourth-order valence-corrected chi connectivity index (χ4v) is 2.05. The first-order valence-electron chi connectivity index (χ1n) is 7.00. The Bertz CT molecular complexity index is 610. The second-order valence-electron chi connectivity index (χ2n) is 4.94. The monoisotopic (exact) mass is 306 g/mol. The van der Waals surface area contributed by atoms with Crippen molar-refractivity contribution in [1.82, 2.24) is 9.88 Å². The van der Waals surface area contributed by atoms with Gasteiger partial charge in [-0.2, -0.15) is 0 Å². The van der Waals surface area contributed by atoms with E-state index < -0.39 is 6.10 Å². The highest BCUT2D eigenvalue weighted by Crippen LogP contribution is 2.15. The SMILES string of the molecule is Cn1cccc1C(O)CCNC(=O)COc1ccc(F)cc1. The maximum atomic E-state index is 12.7. The number of aromatic nitrogens is 1. The maximum absolute atomic E-state index is 12.7. The molecule has 1 atom stereocenters. The minimum Gasteiger partial charge on any atom is -0.484 e. The topological polar surface area (TPSA) is 63.5 Å². The highest BCUT2D eigenvalue weighted by atomic mass is 19.1. The molecule has 1 heterocycles. The number of nitrogens with one attached hydrogen (secondary N) is 1. The van der Waals surface area contributed by atoms with E-state index >= 15 is 0 Å². The zero-order chi connectivity index (χ0) is 15.9. The second-order valence-corrected chi connectivity index (χ2v) is 4.94. The van der Waals surface area contributed by atoms with Gasteiger partial charge in [-0.15, -0.1) is 0 Å². The number of nitrogens with zero attached hydrogens (tertiary/aromatic N) is 1. The van der Waals surface area contributed by atoms with Gasteiger partial charge in [-0.05, 0) is 42.8 Å². The van der Waals surface area contributed by atoms with Crippen LogP contribution in [0, 0.1) is 5.82 Å². The Labute approximate surface area is 128 Å². The number of rotatable bonds is 7. The molecule has 2 N–H and O–H groups in total. The standard InChI is InChI=1S/C16H19FN2O3/c1-19-10-2-3-14(19)15(20)8-9-18-16(21)11-22-13-6-4-12(17)5-7-13/h2-7,10,15,20H,8-9,11H2,1H3,(H,18,21). The number of carbonyl (C=O) groups is 1. The van der Waals surface area contributed by atoms with Gasteiger partial charge in [-0.3, -0.25) is 4.79 Å². The molecule has 0 aliphatic rings. The molecular formula is C16H19FN2O3. The molecule has 0 aliphatic carbocycles. The van der Waals surface area contributed by atoms with E-state index in [1.807, 2.05) is 29.9 Å². The van der Waals surface area contributed by atoms with E-state index in [0.717, 1.165) is 5.69 Å². The molecule has 6 heteroatoms. The maximum Gasteiger partial charge on any atom is 0.257 e. The molecular weight excluding hydrogens is 287 g/mol. The van der Waals surface area contributed by atoms with Crippen molar-refractivity contribution in [3.05, 3.63) is 54.1 Å². The zero-order valence-corrected chi connectivity index (χ0v) is 12.3. The smallest absolute Gasteiger partial charge is 0.257 e. The van der Waals surface area contributed by atoms with Crippen LogP contribution in [-0.4, -0.2) is 28.7 Å². The van der Waals surface area contributed by atoms with Crippen LogP contribution < -0.4 is 10.1 Å². The lowest BCUT2D eigenvalue weighted by atomic mass is 10.2. The summed E-state index contributed by atoms with van der Waals surface area (Å²) in [5.74, 6) is -0.213. The predicted octanol–water partition coefficient (Wildman–Crippen LogP) is 1.78. The van der Waals surface area contributed by atoms with Crippen molar-refractivity contribution in [3.63, 3.8) is 0 Å². The highest BCUT2D eigenvalue weighted by molar-refractivity contribution is 5.77. The van der Waals surface area contributed by atoms with Crippen LogP contribution in [0.25, 0.3) is 0 Å². The Morgan fingerprint density at radius 3 is 2.73 bits per heavy atom. The number of aliphatic hydroxyl groups excluding tert-OH is 1. The summed E-state index contributed by atoms with van der Waals surface area (Å²) in [5.41, 5.74) is 0.803. The van der Waals surface area contributed by atoms with Crippen LogP contribution in [0.3, 0.4) is 0 Å². The Kier molecular flexibility index (Phi) is 5.55. The summed E-state index contributed by atoms with van der Waals surface area (Å²) in [6.07, 6.45) is 1.65. The van der Waals surface area contributed by atoms with E-state index in [4.69, 9.17) is 4.74 Å². The lowest BCUT2D eigenvalue weighted by Crippen LogP contribution is -2.30. The summed E-state index contributed by atoms with van der Waals surface area (Å²) in [7, 11) is 1.85. The van der Waals surface area contributed by atoms with Crippen LogP contribution in [0.4, 0.5) is 4.39 Å². The van der Waals surface area contributed by atoms with E-state index in [1.165, 1.54) is 24.3 Å². The van der Waals surface area contributed by atoms with Crippen LogP contribution in [-0.2, 0) is 11.8 Å². The normalized spacial score (nSPS) is 12.0. The number of ether oxygens (including phenoxy) is 1. The number of halogens is 1. The molecule has 1 unspecified atom stereocenters. The molecule has 1 amide bonds. The number of aliphatic hydroxyl groups is 1. The minimum atomic E-state index is -0.627. The molecule has 2 aromatic rings. The van der Waals surface area contributed by atoms with Gasteiger partial charge in [0.15, 0.2) is 6.61 Å². The van der Waals surface area contributed by atoms with Crippen molar-refractivity contribution in [2.75, 3.05) is 13.2 Å². The molecule has 118 valence electrons. The van der Waals surface area contributed by atoms with E-state index in [0.29, 0.717) is 18.7 Å². The Morgan fingerprint density at radius 2 is 2.09 bits per heavy atom. The van der Waals surface area contributed by atoms with Gasteiger partial charge in [0.2, 0.25) is 0 Å². The average molecular weight is 306 g/mol. The highest BCUT2D eigenvalue weighted by Gasteiger charge is 2.11. The molecule has 0 saturated carbocycles. The van der Waals surface area contributed by atoms with Crippen LogP contribution >= 0.6 is 0 Å². The number of hydrogen-bond donors (Lipinski definition) is 2. The van der Waals surface area contributed by atoms with Crippen LogP contribution in [0.5, 0.6) is 5.75 Å². The third kappa shape index (κ3) is 4.60. The van der Waals surface area contributed by atoms with E-state index in [-0.39, 0.29) is 18.3 Å². The third-order valence-electron chi connectivity index (χ3n) is 3.25. The summed E-state index contributed by atoms with van der Waals surface area (Å²) >= 11 is 0. The lowest BCUT2D eigenvalue weighted by molar-refractivity contribution is -0.123. The fraction of sp³-hybridized carbons (Fsp3) is 0.312. The number of hydrogen-bond acceptors (Lipinski definition) is 3. The zero-order valence-electron chi connectivity index (χ0n) is 12.3. The molecule has 22 heavy (non-hydrogen) atoms. The van der Waals surface area contributed by atoms with Gasteiger partial charge < -0.3 is 19.7 Å². The molecule has 1 aromatic heterocycles. The molecule has 2 rings (SSSR count). The van der Waals surface area contributed by atoms with Crippen molar-refractivity contribution in [2.45, 2.75) is 12.5 Å². The predicted molar refractivity (Wildman–Crippen MR) is 79.9 cm³/mol. The molecule has 1 aromatic carbocycles. The van der Waals surface area contributed by atoms with Gasteiger partial charge >= 0.3 is 0 Å². The lowest BCUT2D eigenvalue weighted by Gasteiger charge is -2.12. The van der Waals surface area contributed by atoms with Crippen LogP contribution in [0.2, 0.25) is 0 Å². The molecule has 0 fully saturated rings. The summed E-state index contributed by atoms with van der Waals surface area (Å²) in [5, 5.41) is 12.7. The van der Waals surface area contributed by atoms with Gasteiger partial charge in [0.25, 0.3) is 5.91 Å². The largest absolute Gasteiger partial charge is 0.484 e. The quantitative estimate of drug-likeness (QED) is 0.819. The molecule has 5 nitrogen and oxygen atoms in total. The van der Waals surface area contributed by atoms with Crippen molar-refractivity contribution >= 4 is 5.91 Å². The summed E-state index contributed by atoms with van der Waals surface area (Å²) < 4.78 is 19.8. The van der Waals surface area contributed by atoms with Crippen LogP contribution in [0.15, 0.2) is 42.6 Å². The number of amides is 1. The van der Waals surface area contributed by atoms with E-state index in [9.17, 15) is 14.3 Å². The summed E-state index contributed by atoms with van der Waals surface area (Å²) in [6, 6.07) is 9.15. The minimum absolute atomic E-state index is 0.147. The van der Waals surface area contributed by atoms with E-state index in [1.54, 1.807) is 0 Å². The first-order valence-corrected chi connectivity index (χ1v) is 7.00. The van der Waals surface area contributed by atoms with Gasteiger partial charge in [0.1, 0.15) is 11.6 Å². The van der Waals surface area contributed by atoms with Crippen molar-refractivity contribution in [3.8, 4) is 5.75 Å². The second kappa shape index (κ2) is 7.61. The molecule has 0 saturated heterocycles. The molecule has 0 bridgehead atoms. The number of benzene rings is 1. The number of aryl methyl sites for hydroxylation is 1. The molecule has 0 spiro atoms. The third-order valence-corrected chi connectivity index (χ3v) is 3.25. The van der Waals surface area contributed by atoms with Gasteiger partial charge in [-0.25, -0.2) is 4.39 Å². The van der Waals surface area contributed by atoms with Gasteiger partial charge in [0, 0.05) is 25.5 Å². The van der Waals surface area contributed by atoms with Crippen molar-refractivity contribution in [1.29, 1.82) is 0 Å². The van der Waals surface area contributed by atoms with Crippen molar-refractivity contribution in [2.24, 2.45) is 7.05 Å². The molecule has 0 aliphatic heterocycles. The number of carbonyl (C=O) groups excluding carboxylic acids is 1. The van der Waals surface area contributed by atoms with Crippen molar-refractivity contribution < 1.29 is 19.0 Å². The van der Waals surface area contributed by atoms with Gasteiger partial charge in [0.05, 0.1) is 6.10 Å². The average Bonchev–Trinajstić information content (AvgIpc) is 2.93. The van der Waals surface area contributed by atoms with Gasteiger partial charge in [-0.1, -0.05) is 0 Å². The molecule has 0 radical (unpaired) electrons. The first-order chi connectivity index (χ1) is 10.6. The fourth-order valence-electron chi connectivity index (χ4n) is 2.05. The Morgan fingerprint density at radius 1 is 1.36 bits per heavy atom. The Balaban J connectivity index is 1.67. The van der Waals surface area contributed by atoms with E-state index in [2.05, 4.69) is 5.32 Å². The Hall–Kier alpha value is -2.34. The summed E-state index contributed by atoms with van der Waals surface area (Å²) in [6.45, 7) is 0.198. The van der Waals surface area contributed by atoms with Crippen LogP contribution in [0.1, 0.15) is 18.2 Å².